The Kier molecular flexibility index (Phi) is 52.5. The average Bonchev–Trinajstić information content (AvgIpc) is 1.64. The first-order chi connectivity index (χ1) is 71.6. The van der Waals surface area contributed by atoms with Crippen LogP contribution >= 0.6 is 0 Å². The van der Waals surface area contributed by atoms with Gasteiger partial charge in [0.15, 0.2) is 11.6 Å². The van der Waals surface area contributed by atoms with Crippen molar-refractivity contribution in [3.63, 3.8) is 0 Å². The Balaban J connectivity index is 0.693. The zero-order valence-corrected chi connectivity index (χ0v) is 83.2. The molecular weight excluding hydrogens is 1920 g/mol. The average molecular weight is 2070 g/mol. The van der Waals surface area contributed by atoms with Crippen LogP contribution in [0.3, 0.4) is 0 Å². The number of carbonyl (C=O) groups is 4. The molecule has 5 aromatic carbocycles. The van der Waals surface area contributed by atoms with Crippen LogP contribution in [0.5, 0.6) is 28.7 Å². The van der Waals surface area contributed by atoms with Gasteiger partial charge >= 0.3 is 0 Å². The summed E-state index contributed by atoms with van der Waals surface area (Å²) < 4.78 is 126. The van der Waals surface area contributed by atoms with E-state index in [9.17, 15) is 59.3 Å². The number of carbonyl (C=O) groups excluding carboxylic acids is 4. The molecule has 1 unspecified atom stereocenters. The molecule has 0 spiro atoms. The summed E-state index contributed by atoms with van der Waals surface area (Å²) in [6.07, 6.45) is -6.78. The summed E-state index contributed by atoms with van der Waals surface area (Å²) in [5.41, 5.74) is 10.6. The highest BCUT2D eigenvalue weighted by atomic mass is 19.1. The summed E-state index contributed by atoms with van der Waals surface area (Å²) in [6, 6.07) is 33.8. The summed E-state index contributed by atoms with van der Waals surface area (Å²) >= 11 is 0. The minimum absolute atomic E-state index is 0.0756. The van der Waals surface area contributed by atoms with Crippen LogP contribution in [0.25, 0.3) is 16.6 Å². The van der Waals surface area contributed by atoms with Crippen LogP contribution < -0.4 is 63.0 Å². The van der Waals surface area contributed by atoms with Gasteiger partial charge in [-0.3, -0.25) is 29.2 Å². The number of aliphatic hydroxyl groups excluding tert-OH is 6. The second-order valence-corrected chi connectivity index (χ2v) is 34.0. The fourth-order valence-corrected chi connectivity index (χ4v) is 15.3. The van der Waals surface area contributed by atoms with Crippen molar-refractivity contribution in [1.82, 2.24) is 41.2 Å². The second-order valence-electron chi connectivity index (χ2n) is 34.0. The van der Waals surface area contributed by atoms with E-state index >= 15 is 0 Å². The molecule has 147 heavy (non-hydrogen) atoms. The molecule has 3 aliphatic heterocycles. The van der Waals surface area contributed by atoms with Crippen LogP contribution in [0.2, 0.25) is 0 Å². The van der Waals surface area contributed by atoms with E-state index in [2.05, 4.69) is 57.1 Å². The topological polar surface area (TPSA) is 617 Å². The molecule has 10 atom stereocenters. The number of fused-ring (bicyclic) bond motifs is 1. The SMILES string of the molecule is COc1cccc(N=C(CCOCCOCCOCCNC(=O)CCOCC(COCCC(=O)NCCOCCOCCOCC/C(Nc2cccc(OC)c2)=C(/N)[C@H]2OCC[C@@H](O)[C@H]2O)(COCCC(=O)NCCOCCOCCOCCc2c([C@H]3OCC[C@@H](O)[C@H]3O)nnn2-c2cccc(OC)c2)NC(=O)CCCOc2ccc3nc(C(C=Nc4ccc(O)c(F)c4)=NN)ccc3c2)C(=NN)[C@H]2OCC[C@@H](O)[C@H]2O)c1. The van der Waals surface area contributed by atoms with Crippen LogP contribution in [0.1, 0.15) is 87.4 Å². The van der Waals surface area contributed by atoms with Gasteiger partial charge in [0.05, 0.1) is 276 Å². The highest BCUT2D eigenvalue weighted by Crippen LogP contribution is 2.34. The molecule has 18 N–H and O–H groups in total. The van der Waals surface area contributed by atoms with Gasteiger partial charge in [-0.25, -0.2) is 14.1 Å². The maximum absolute atomic E-state index is 14.3. The van der Waals surface area contributed by atoms with Crippen LogP contribution in [0.15, 0.2) is 153 Å². The van der Waals surface area contributed by atoms with Crippen molar-refractivity contribution in [3.05, 3.63) is 156 Å². The highest BCUT2D eigenvalue weighted by molar-refractivity contribution is 6.44. The maximum atomic E-state index is 14.3. The number of halogens is 1. The molecule has 46 nitrogen and oxygen atoms in total. The van der Waals surface area contributed by atoms with Gasteiger partial charge in [-0.15, -0.1) is 5.10 Å². The van der Waals surface area contributed by atoms with Crippen molar-refractivity contribution in [1.29, 1.82) is 0 Å². The van der Waals surface area contributed by atoms with Crippen molar-refractivity contribution < 1.29 is 149 Å². The van der Waals surface area contributed by atoms with Crippen LogP contribution in [0, 0.1) is 5.82 Å². The smallest absolute Gasteiger partial charge is 0.222 e. The van der Waals surface area contributed by atoms with E-state index < -0.39 is 77.9 Å². The number of benzene rings is 5. The zero-order chi connectivity index (χ0) is 105. The van der Waals surface area contributed by atoms with Gasteiger partial charge in [-0.2, -0.15) is 10.2 Å². The minimum Gasteiger partial charge on any atom is -0.505 e. The van der Waals surface area contributed by atoms with E-state index in [1.54, 1.807) is 97.8 Å². The van der Waals surface area contributed by atoms with Gasteiger partial charge in [0.2, 0.25) is 23.6 Å². The summed E-state index contributed by atoms with van der Waals surface area (Å²) in [5, 5.41) is 105. The first-order valence-electron chi connectivity index (χ1n) is 48.9. The maximum Gasteiger partial charge on any atom is 0.222 e. The molecule has 5 heterocycles. The van der Waals surface area contributed by atoms with Crippen molar-refractivity contribution in [3.8, 4) is 34.4 Å². The molecule has 0 saturated carbocycles. The van der Waals surface area contributed by atoms with Gasteiger partial charge in [0.25, 0.3) is 0 Å². The van der Waals surface area contributed by atoms with E-state index in [1.165, 1.54) is 25.5 Å². The number of ether oxygens (including phenoxy) is 19. The van der Waals surface area contributed by atoms with Crippen LogP contribution in [-0.2, 0) is 96.7 Å². The first kappa shape index (κ1) is 117. The zero-order valence-electron chi connectivity index (χ0n) is 83.2. The number of rotatable bonds is 71. The lowest BCUT2D eigenvalue weighted by atomic mass is 9.95. The number of pyridine rings is 1. The molecule has 4 amide bonds. The first-order valence-corrected chi connectivity index (χ1v) is 48.9. The summed E-state index contributed by atoms with van der Waals surface area (Å²) in [7, 11) is 4.65. The molecule has 0 aliphatic carbocycles. The Labute approximate surface area is 851 Å². The summed E-state index contributed by atoms with van der Waals surface area (Å²) in [4.78, 5) is 67.9. The molecule has 3 aliphatic rings. The van der Waals surface area contributed by atoms with Gasteiger partial charge in [0.1, 0.15) is 82.3 Å². The van der Waals surface area contributed by atoms with E-state index in [4.69, 9.17) is 112 Å². The molecule has 0 radical (unpaired) electrons. The molecular formula is C100H141FN16O30. The van der Waals surface area contributed by atoms with Crippen molar-refractivity contribution >= 4 is 74.9 Å². The number of nitrogens with one attached hydrogen (secondary N) is 5. The molecule has 808 valence electrons. The van der Waals surface area contributed by atoms with Crippen molar-refractivity contribution in [2.45, 2.75) is 131 Å². The van der Waals surface area contributed by atoms with Gasteiger partial charge < -0.3 is 170 Å². The van der Waals surface area contributed by atoms with E-state index in [-0.39, 0.29) is 303 Å². The summed E-state index contributed by atoms with van der Waals surface area (Å²) in [5.74, 6) is 10.9. The van der Waals surface area contributed by atoms with Crippen molar-refractivity contribution in [2.24, 2.45) is 37.6 Å². The minimum atomic E-state index is -1.49. The largest absolute Gasteiger partial charge is 0.505 e. The quantitative estimate of drug-likeness (QED) is 0.0113. The molecule has 3 fully saturated rings. The Hall–Kier alpha value is -11.8. The lowest BCUT2D eigenvalue weighted by Gasteiger charge is -2.34. The molecule has 47 heteroatoms. The normalized spacial score (nSPS) is 18.9. The standard InChI is InChI=1S/C100H141FN16O30/c1-129-72-11-4-8-69(59-72)109-79(91(102)97-94(126)84(119)24-40-145-97)21-34-132-46-52-138-55-49-135-43-30-105-87(122)27-37-141-64-100(112-90(125)14-7-33-144-75-17-19-77-67(58-75)15-18-78(111-77)81(113-103)63-108-68-16-20-83(118)76(101)61-68,65-142-38-28-88(123)106-31-44-136-50-56-139-53-47-133-35-22-80(110-70-9-5-12-73(60-70)130-2)92(114-104)98-95(127)85(120)25-41-146-98)66-143-39-29-89(124)107-32-45-137-51-57-140-54-48-134-36-23-82-93(99-96(128)86(121)26-42-147-99)115-116-117(82)71-10-6-13-74(62-71)131-3/h4-6,8-13,15-20,58-63,84-86,94-99,109,118-121,126-128H,7,14,21-57,64-66,102-104H2,1-3H3,(H,105,122)(H,106,123)(H,107,124)(H,112,125)/b91-79-,108-63?,110-80?,113-81?,114-92?/t84-,85-,86-,94-,95-,96-,97-,98-,99-,100?/m1/s1. The number of nitrogens with zero attached hydrogens (tertiary/aromatic N) is 8. The Morgan fingerprint density at radius 3 is 1.60 bits per heavy atom. The van der Waals surface area contributed by atoms with Gasteiger partial charge in [0, 0.05) is 106 Å². The number of hydrogen-bond donors (Lipinski definition) is 15. The Morgan fingerprint density at radius 2 is 1.02 bits per heavy atom. The molecule has 7 aromatic rings. The number of phenolic OH excluding ortho intramolecular Hbond substituents is 1. The van der Waals surface area contributed by atoms with Crippen molar-refractivity contribution in [2.75, 3.05) is 231 Å². The number of aromatic nitrogens is 4. The van der Waals surface area contributed by atoms with Crippen LogP contribution in [-0.4, -0.2) is 383 Å². The van der Waals surface area contributed by atoms with E-state index in [0.29, 0.717) is 92.3 Å². The third kappa shape index (κ3) is 40.7. The number of hydrazone groups is 2. The number of methoxy groups -OCH3 is 3. The molecule has 10 rings (SSSR count). The number of aromatic hydroxyl groups is 1. The fourth-order valence-electron chi connectivity index (χ4n) is 15.3. The molecule has 0 bridgehead atoms. The second kappa shape index (κ2) is 65.8. The number of anilines is 1. The Bertz CT molecular complexity index is 5280. The molecule has 3 saturated heterocycles. The third-order valence-electron chi connectivity index (χ3n) is 23.2. The fraction of sp³-hybridized carbons (Fsp3) is 0.550. The predicted octanol–water partition coefficient (Wildman–Crippen LogP) is 3.08. The monoisotopic (exact) mass is 2060 g/mol. The number of amides is 4. The molecule has 2 aromatic heterocycles. The third-order valence-corrected chi connectivity index (χ3v) is 23.2. The lowest BCUT2D eigenvalue weighted by molar-refractivity contribution is -0.138. The predicted molar refractivity (Wildman–Crippen MR) is 535 cm³/mol. The van der Waals surface area contributed by atoms with E-state index in [0.717, 1.165) is 6.07 Å². The number of nitrogens with two attached hydrogens (primary N) is 3. The highest BCUT2D eigenvalue weighted by Gasteiger charge is 2.40. The van der Waals surface area contributed by atoms with E-state index in [1.807, 2.05) is 24.3 Å². The van der Waals surface area contributed by atoms with Gasteiger partial charge in [-0.1, -0.05) is 29.5 Å². The Morgan fingerprint density at radius 1 is 0.503 bits per heavy atom. The number of aliphatic hydroxyl groups is 6. The number of phenols is 1. The van der Waals surface area contributed by atoms with Crippen LogP contribution in [0.4, 0.5) is 21.5 Å². The number of aliphatic imine (C=N–C) groups is 2. The number of hydrogen-bond acceptors (Lipinski definition) is 41. The lowest BCUT2D eigenvalue weighted by Crippen LogP contribution is -2.58. The summed E-state index contributed by atoms with van der Waals surface area (Å²) in [6.45, 7) is 3.76. The van der Waals surface area contributed by atoms with Gasteiger partial charge in [-0.05, 0) is 98.5 Å².